The van der Waals surface area contributed by atoms with Gasteiger partial charge in [-0.1, -0.05) is 29.3 Å². The van der Waals surface area contributed by atoms with Crippen LogP contribution < -0.4 is 16.0 Å². The Hall–Kier alpha value is -0.780. The van der Waals surface area contributed by atoms with Gasteiger partial charge in [0.25, 0.3) is 0 Å². The Labute approximate surface area is 132 Å². The van der Waals surface area contributed by atoms with E-state index in [4.69, 9.17) is 33.8 Å². The van der Waals surface area contributed by atoms with Crippen molar-refractivity contribution in [3.8, 4) is 5.75 Å². The summed E-state index contributed by atoms with van der Waals surface area (Å²) in [6, 6.07) is 5.70. The zero-order valence-corrected chi connectivity index (χ0v) is 13.8. The zero-order valence-electron chi connectivity index (χ0n) is 11.5. The SMILES string of the molecule is COc1cc(C)c(C(NN)c2cc(Cl)sc2Cl)cc1C. The van der Waals surface area contributed by atoms with Crippen LogP contribution in [0.3, 0.4) is 0 Å². The molecule has 0 saturated carbocycles. The molecule has 1 atom stereocenters. The van der Waals surface area contributed by atoms with E-state index in [0.29, 0.717) is 8.67 Å². The van der Waals surface area contributed by atoms with E-state index in [0.717, 1.165) is 28.0 Å². The predicted molar refractivity (Wildman–Crippen MR) is 86.0 cm³/mol. The number of hydrogen-bond acceptors (Lipinski definition) is 4. The molecular weight excluding hydrogens is 315 g/mol. The number of hydrogen-bond donors (Lipinski definition) is 2. The van der Waals surface area contributed by atoms with E-state index >= 15 is 0 Å². The van der Waals surface area contributed by atoms with Gasteiger partial charge in [0, 0.05) is 5.56 Å². The Morgan fingerprint density at radius 3 is 2.35 bits per heavy atom. The molecule has 0 aliphatic heterocycles. The van der Waals surface area contributed by atoms with E-state index in [2.05, 4.69) is 11.5 Å². The summed E-state index contributed by atoms with van der Waals surface area (Å²) in [6.45, 7) is 4.01. The van der Waals surface area contributed by atoms with Crippen LogP contribution in [-0.2, 0) is 0 Å². The molecule has 0 saturated heterocycles. The van der Waals surface area contributed by atoms with Crippen molar-refractivity contribution in [3.05, 3.63) is 49.1 Å². The van der Waals surface area contributed by atoms with E-state index < -0.39 is 0 Å². The minimum Gasteiger partial charge on any atom is -0.496 e. The number of ether oxygens (including phenoxy) is 1. The lowest BCUT2D eigenvalue weighted by molar-refractivity contribution is 0.411. The number of rotatable bonds is 4. The average molecular weight is 331 g/mol. The Balaban J connectivity index is 2.52. The summed E-state index contributed by atoms with van der Waals surface area (Å²) < 4.78 is 6.62. The molecule has 0 amide bonds. The molecule has 1 heterocycles. The highest BCUT2D eigenvalue weighted by atomic mass is 35.5. The van der Waals surface area contributed by atoms with Gasteiger partial charge in [0.2, 0.25) is 0 Å². The van der Waals surface area contributed by atoms with Crippen LogP contribution in [-0.4, -0.2) is 7.11 Å². The van der Waals surface area contributed by atoms with Crippen LogP contribution in [0.25, 0.3) is 0 Å². The molecule has 1 aromatic heterocycles. The van der Waals surface area contributed by atoms with Crippen LogP contribution in [0, 0.1) is 13.8 Å². The van der Waals surface area contributed by atoms with Crippen molar-refractivity contribution >= 4 is 34.5 Å². The first-order valence-electron chi connectivity index (χ1n) is 6.04. The van der Waals surface area contributed by atoms with E-state index in [1.807, 2.05) is 26.0 Å². The molecular formula is C14H16Cl2N2OS. The molecule has 0 aliphatic carbocycles. The van der Waals surface area contributed by atoms with Gasteiger partial charge in [0.05, 0.1) is 21.8 Å². The lowest BCUT2D eigenvalue weighted by atomic mass is 9.95. The fourth-order valence-corrected chi connectivity index (χ4v) is 3.77. The Kier molecular flexibility index (Phi) is 4.94. The molecule has 3 N–H and O–H groups in total. The highest BCUT2D eigenvalue weighted by Gasteiger charge is 2.21. The van der Waals surface area contributed by atoms with Crippen LogP contribution in [0.5, 0.6) is 5.75 Å². The van der Waals surface area contributed by atoms with Gasteiger partial charge in [0.1, 0.15) is 5.75 Å². The summed E-state index contributed by atoms with van der Waals surface area (Å²) >= 11 is 13.6. The normalized spacial score (nSPS) is 12.5. The Bertz CT molecular complexity index is 628. The minimum absolute atomic E-state index is 0.198. The summed E-state index contributed by atoms with van der Waals surface area (Å²) in [4.78, 5) is 0. The number of benzene rings is 1. The van der Waals surface area contributed by atoms with Crippen molar-refractivity contribution in [2.24, 2.45) is 5.84 Å². The van der Waals surface area contributed by atoms with E-state index in [9.17, 15) is 0 Å². The van der Waals surface area contributed by atoms with Gasteiger partial charge in [-0.2, -0.15) is 0 Å². The standard InChI is InChI=1S/C14H16Cl2N2OS/c1-7-5-11(19-3)8(2)4-9(7)13(18-17)10-6-12(15)20-14(10)16/h4-6,13,18H,17H2,1-3H3. The van der Waals surface area contributed by atoms with Crippen molar-refractivity contribution in [2.45, 2.75) is 19.9 Å². The number of methoxy groups -OCH3 is 1. The first kappa shape index (κ1) is 15.6. The molecule has 0 aliphatic rings. The van der Waals surface area contributed by atoms with Crippen molar-refractivity contribution in [1.82, 2.24) is 5.43 Å². The lowest BCUT2D eigenvalue weighted by Crippen LogP contribution is -2.29. The van der Waals surface area contributed by atoms with Gasteiger partial charge < -0.3 is 4.74 Å². The summed E-state index contributed by atoms with van der Waals surface area (Å²) in [7, 11) is 1.66. The summed E-state index contributed by atoms with van der Waals surface area (Å²) in [5.74, 6) is 6.58. The van der Waals surface area contributed by atoms with E-state index in [1.54, 1.807) is 7.11 Å². The third kappa shape index (κ3) is 2.95. The molecule has 2 rings (SSSR count). The van der Waals surface area contributed by atoms with Crippen LogP contribution in [0.15, 0.2) is 18.2 Å². The monoisotopic (exact) mass is 330 g/mol. The summed E-state index contributed by atoms with van der Waals surface area (Å²) in [6.07, 6.45) is 0. The topological polar surface area (TPSA) is 47.3 Å². The predicted octanol–water partition coefficient (Wildman–Crippen LogP) is 4.23. The highest BCUT2D eigenvalue weighted by molar-refractivity contribution is 7.20. The second-order valence-corrected chi connectivity index (χ2v) is 6.84. The number of nitrogens with one attached hydrogen (secondary N) is 1. The van der Waals surface area contributed by atoms with Crippen LogP contribution >= 0.6 is 34.5 Å². The smallest absolute Gasteiger partial charge is 0.122 e. The summed E-state index contributed by atoms with van der Waals surface area (Å²) in [5.41, 5.74) is 6.89. The average Bonchev–Trinajstić information content (AvgIpc) is 2.73. The zero-order chi connectivity index (χ0) is 14.9. The van der Waals surface area contributed by atoms with Gasteiger partial charge in [-0.15, -0.1) is 11.3 Å². The van der Waals surface area contributed by atoms with Crippen molar-refractivity contribution in [3.63, 3.8) is 0 Å². The molecule has 20 heavy (non-hydrogen) atoms. The quantitative estimate of drug-likeness (QED) is 0.651. The van der Waals surface area contributed by atoms with Gasteiger partial charge in [-0.3, -0.25) is 5.84 Å². The lowest BCUT2D eigenvalue weighted by Gasteiger charge is -2.20. The Morgan fingerprint density at radius 1 is 1.15 bits per heavy atom. The molecule has 108 valence electrons. The maximum Gasteiger partial charge on any atom is 0.122 e. The summed E-state index contributed by atoms with van der Waals surface area (Å²) in [5, 5.41) is 0. The fourth-order valence-electron chi connectivity index (χ4n) is 2.24. The van der Waals surface area contributed by atoms with Crippen LogP contribution in [0.1, 0.15) is 28.3 Å². The number of nitrogens with two attached hydrogens (primary N) is 1. The van der Waals surface area contributed by atoms with E-state index in [1.165, 1.54) is 11.3 Å². The molecule has 1 unspecified atom stereocenters. The number of thiophene rings is 1. The largest absolute Gasteiger partial charge is 0.496 e. The van der Waals surface area contributed by atoms with E-state index in [-0.39, 0.29) is 6.04 Å². The van der Waals surface area contributed by atoms with Gasteiger partial charge in [-0.25, -0.2) is 5.43 Å². The molecule has 6 heteroatoms. The molecule has 0 bridgehead atoms. The van der Waals surface area contributed by atoms with Crippen LogP contribution in [0.2, 0.25) is 8.67 Å². The fraction of sp³-hybridized carbons (Fsp3) is 0.286. The molecule has 2 aromatic rings. The maximum atomic E-state index is 6.23. The highest BCUT2D eigenvalue weighted by Crippen LogP contribution is 2.39. The molecule has 0 spiro atoms. The van der Waals surface area contributed by atoms with Gasteiger partial charge in [0.15, 0.2) is 0 Å². The second-order valence-electron chi connectivity index (χ2n) is 4.56. The second kappa shape index (κ2) is 6.33. The van der Waals surface area contributed by atoms with Gasteiger partial charge >= 0.3 is 0 Å². The van der Waals surface area contributed by atoms with Gasteiger partial charge in [-0.05, 0) is 42.7 Å². The third-order valence-corrected chi connectivity index (χ3v) is 4.77. The molecule has 0 fully saturated rings. The molecule has 3 nitrogen and oxygen atoms in total. The minimum atomic E-state index is -0.198. The maximum absolute atomic E-state index is 6.23. The third-order valence-electron chi connectivity index (χ3n) is 3.26. The first-order valence-corrected chi connectivity index (χ1v) is 7.61. The molecule has 0 radical (unpaired) electrons. The van der Waals surface area contributed by atoms with Crippen molar-refractivity contribution in [2.75, 3.05) is 7.11 Å². The van der Waals surface area contributed by atoms with Crippen LogP contribution in [0.4, 0.5) is 0 Å². The van der Waals surface area contributed by atoms with Crippen molar-refractivity contribution < 1.29 is 4.74 Å². The number of aryl methyl sites for hydroxylation is 2. The molecule has 1 aromatic carbocycles. The Morgan fingerprint density at radius 2 is 1.85 bits per heavy atom. The number of hydrazine groups is 1. The number of halogens is 2. The van der Waals surface area contributed by atoms with Crippen molar-refractivity contribution in [1.29, 1.82) is 0 Å². The first-order chi connectivity index (χ1) is 9.47.